The van der Waals surface area contributed by atoms with Crippen molar-refractivity contribution in [3.05, 3.63) is 30.3 Å². The van der Waals surface area contributed by atoms with Gasteiger partial charge in [-0.1, -0.05) is 18.2 Å². The second kappa shape index (κ2) is 3.55. The van der Waals surface area contributed by atoms with E-state index in [1.54, 1.807) is 24.3 Å². The van der Waals surface area contributed by atoms with Crippen LogP contribution in [0.3, 0.4) is 0 Å². The molecular formula is C20H20O4S. The number of rotatable bonds is 3. The molecule has 4 nitrogen and oxygen atoms in total. The SMILES string of the molecule is COC(=O)[C@H]1[C@@H](S(=O)(=O)c2ccccc2)[C@@H]2C[C@H]1[C@@]13[C@H]4[C@H]5[C@H](C[C@@H]41)[C@]523. The molecule has 7 aliphatic carbocycles. The number of carbonyl (C=O) groups excluding carboxylic acids is 1. The molecule has 4 bridgehead atoms. The number of methoxy groups -OCH3 is 1. The Kier molecular flexibility index (Phi) is 1.96. The highest BCUT2D eigenvalue weighted by Crippen LogP contribution is 3.12. The van der Waals surface area contributed by atoms with Crippen LogP contribution in [0.5, 0.6) is 0 Å². The van der Waals surface area contributed by atoms with E-state index < -0.39 is 21.0 Å². The van der Waals surface area contributed by atoms with E-state index in [0.29, 0.717) is 15.7 Å². The van der Waals surface area contributed by atoms with Crippen LogP contribution in [0.1, 0.15) is 12.8 Å². The van der Waals surface area contributed by atoms with Crippen molar-refractivity contribution in [2.45, 2.75) is 23.0 Å². The van der Waals surface area contributed by atoms with E-state index in [1.807, 2.05) is 6.07 Å². The predicted molar refractivity (Wildman–Crippen MR) is 88.0 cm³/mol. The van der Waals surface area contributed by atoms with Crippen LogP contribution in [-0.4, -0.2) is 26.7 Å². The van der Waals surface area contributed by atoms with Crippen molar-refractivity contribution in [3.63, 3.8) is 0 Å². The number of sulfone groups is 1. The lowest BCUT2D eigenvalue weighted by Crippen LogP contribution is -2.52. The zero-order valence-corrected chi connectivity index (χ0v) is 14.8. The molecule has 0 radical (unpaired) electrons. The molecule has 0 aliphatic heterocycles. The summed E-state index contributed by atoms with van der Waals surface area (Å²) in [5.41, 5.74) is 0.638. The third-order valence-corrected chi connectivity index (χ3v) is 11.7. The highest BCUT2D eigenvalue weighted by atomic mass is 32.2. The smallest absolute Gasteiger partial charge is 0.310 e. The number of fused-ring (bicyclic) bond motifs is 2. The summed E-state index contributed by atoms with van der Waals surface area (Å²) in [5, 5.41) is -0.578. The van der Waals surface area contributed by atoms with Crippen LogP contribution in [0.2, 0.25) is 0 Å². The lowest BCUT2D eigenvalue weighted by Gasteiger charge is -2.46. The van der Waals surface area contributed by atoms with E-state index in [4.69, 9.17) is 4.74 Å². The largest absolute Gasteiger partial charge is 0.469 e. The Morgan fingerprint density at radius 3 is 2.20 bits per heavy atom. The van der Waals surface area contributed by atoms with Gasteiger partial charge in [0.25, 0.3) is 0 Å². The fourth-order valence-electron chi connectivity index (χ4n) is 9.49. The van der Waals surface area contributed by atoms with Crippen molar-refractivity contribution >= 4 is 15.8 Å². The first-order valence-corrected chi connectivity index (χ1v) is 11.0. The molecular weight excluding hydrogens is 336 g/mol. The Labute approximate surface area is 146 Å². The van der Waals surface area contributed by atoms with E-state index in [-0.39, 0.29) is 17.8 Å². The van der Waals surface area contributed by atoms with Crippen molar-refractivity contribution < 1.29 is 17.9 Å². The van der Waals surface area contributed by atoms with Crippen molar-refractivity contribution in [2.75, 3.05) is 7.11 Å². The molecule has 8 rings (SSSR count). The number of carbonyl (C=O) groups is 1. The maximum atomic E-state index is 13.5. The van der Waals surface area contributed by atoms with E-state index in [2.05, 4.69) is 0 Å². The van der Waals surface area contributed by atoms with Gasteiger partial charge in [0.15, 0.2) is 9.84 Å². The number of benzene rings is 1. The van der Waals surface area contributed by atoms with E-state index >= 15 is 0 Å². The Balaban J connectivity index is 1.41. The first kappa shape index (κ1) is 13.8. The predicted octanol–water partition coefficient (Wildman–Crippen LogP) is 2.15. The molecule has 1 aromatic carbocycles. The third-order valence-electron chi connectivity index (χ3n) is 9.45. The van der Waals surface area contributed by atoms with Gasteiger partial charge in [0.1, 0.15) is 0 Å². The molecule has 7 aliphatic rings. The molecule has 7 fully saturated rings. The minimum absolute atomic E-state index is 0.172. The average molecular weight is 356 g/mol. The van der Waals surface area contributed by atoms with Gasteiger partial charge in [-0.3, -0.25) is 4.79 Å². The molecule has 0 heterocycles. The summed E-state index contributed by atoms with van der Waals surface area (Å²) in [7, 11) is -2.12. The number of hydrogen-bond donors (Lipinski definition) is 0. The Morgan fingerprint density at radius 2 is 1.60 bits per heavy atom. The van der Waals surface area contributed by atoms with Gasteiger partial charge >= 0.3 is 5.97 Å². The molecule has 130 valence electrons. The standard InChI is InChI=1S/C20H20O4S/c1-24-18(21)14-10-7-13(17(14)25(22,23)9-5-3-2-4-6-9)20-12-8-11-15(16(12)20)19(10,11)20/h2-6,10-17H,7-8H2,1H3/t10-,11+,12+,13+,14-,15-,16-,17+,19+,20-/m1/s1. The van der Waals surface area contributed by atoms with Crippen LogP contribution < -0.4 is 0 Å². The Morgan fingerprint density at radius 1 is 1.00 bits per heavy atom. The van der Waals surface area contributed by atoms with Gasteiger partial charge in [0.05, 0.1) is 23.2 Å². The lowest BCUT2D eigenvalue weighted by atomic mass is 9.60. The van der Waals surface area contributed by atoms with Crippen LogP contribution >= 0.6 is 0 Å². The summed E-state index contributed by atoms with van der Waals surface area (Å²) in [5.74, 6) is 2.83. The average Bonchev–Trinajstić information content (AvgIpc) is 3.07. The molecule has 5 heteroatoms. The first-order chi connectivity index (χ1) is 12.0. The van der Waals surface area contributed by atoms with Crippen molar-refractivity contribution in [2.24, 2.45) is 52.3 Å². The van der Waals surface area contributed by atoms with Gasteiger partial charge in [-0.05, 0) is 71.3 Å². The van der Waals surface area contributed by atoms with Gasteiger partial charge in [-0.25, -0.2) is 8.42 Å². The van der Waals surface area contributed by atoms with Crippen LogP contribution in [0.15, 0.2) is 35.2 Å². The van der Waals surface area contributed by atoms with E-state index in [0.717, 1.165) is 30.1 Å². The normalized spacial score (nSPS) is 57.5. The van der Waals surface area contributed by atoms with Crippen LogP contribution in [0, 0.1) is 52.3 Å². The highest BCUT2D eigenvalue weighted by molar-refractivity contribution is 7.92. The second-order valence-electron chi connectivity index (χ2n) is 9.19. The molecule has 0 N–H and O–H groups in total. The minimum Gasteiger partial charge on any atom is -0.469 e. The summed E-state index contributed by atoms with van der Waals surface area (Å²) < 4.78 is 32.2. The Hall–Kier alpha value is -1.36. The number of hydrogen-bond acceptors (Lipinski definition) is 4. The number of esters is 1. The Bertz CT molecular complexity index is 943. The minimum atomic E-state index is -3.52. The van der Waals surface area contributed by atoms with Gasteiger partial charge in [0.2, 0.25) is 0 Å². The molecule has 1 aromatic rings. The molecule has 25 heavy (non-hydrogen) atoms. The van der Waals surface area contributed by atoms with Crippen LogP contribution in [0.25, 0.3) is 0 Å². The molecule has 0 amide bonds. The zero-order valence-electron chi connectivity index (χ0n) is 14.0. The molecule has 10 atom stereocenters. The van der Waals surface area contributed by atoms with Gasteiger partial charge in [0, 0.05) is 0 Å². The topological polar surface area (TPSA) is 60.4 Å². The molecule has 7 saturated carbocycles. The van der Waals surface area contributed by atoms with E-state index in [9.17, 15) is 13.2 Å². The van der Waals surface area contributed by atoms with E-state index in [1.165, 1.54) is 13.5 Å². The molecule has 0 saturated heterocycles. The summed E-state index contributed by atoms with van der Waals surface area (Å²) in [6, 6.07) is 8.72. The van der Waals surface area contributed by atoms with Crippen LogP contribution in [0.4, 0.5) is 0 Å². The maximum Gasteiger partial charge on any atom is 0.310 e. The second-order valence-corrected chi connectivity index (χ2v) is 11.3. The monoisotopic (exact) mass is 356 g/mol. The van der Waals surface area contributed by atoms with Crippen molar-refractivity contribution in [1.82, 2.24) is 0 Å². The first-order valence-electron chi connectivity index (χ1n) is 9.40. The van der Waals surface area contributed by atoms with Crippen LogP contribution in [-0.2, 0) is 19.4 Å². The highest BCUT2D eigenvalue weighted by Gasteiger charge is 3.10. The molecule has 0 unspecified atom stereocenters. The van der Waals surface area contributed by atoms with Gasteiger partial charge in [-0.2, -0.15) is 0 Å². The van der Waals surface area contributed by atoms with Gasteiger partial charge < -0.3 is 4.74 Å². The summed E-state index contributed by atoms with van der Waals surface area (Å²) in [6.07, 6.45) is 2.23. The molecule has 2 spiro atoms. The lowest BCUT2D eigenvalue weighted by molar-refractivity contribution is -0.150. The fourth-order valence-corrected chi connectivity index (χ4v) is 11.8. The summed E-state index contributed by atoms with van der Waals surface area (Å²) in [4.78, 5) is 13.0. The van der Waals surface area contributed by atoms with Gasteiger partial charge in [-0.15, -0.1) is 0 Å². The molecule has 0 aromatic heterocycles. The number of ether oxygens (including phenoxy) is 1. The third kappa shape index (κ3) is 1.01. The summed E-state index contributed by atoms with van der Waals surface area (Å²) >= 11 is 0. The van der Waals surface area contributed by atoms with Crippen molar-refractivity contribution in [3.8, 4) is 0 Å². The maximum absolute atomic E-state index is 13.5. The quantitative estimate of drug-likeness (QED) is 0.779. The zero-order chi connectivity index (χ0) is 16.9. The summed E-state index contributed by atoms with van der Waals surface area (Å²) in [6.45, 7) is 0. The van der Waals surface area contributed by atoms with Crippen molar-refractivity contribution in [1.29, 1.82) is 0 Å². The fraction of sp³-hybridized carbons (Fsp3) is 0.650.